The van der Waals surface area contributed by atoms with Gasteiger partial charge in [0.2, 0.25) is 6.79 Å². The first kappa shape index (κ1) is 22.1. The van der Waals surface area contributed by atoms with Crippen LogP contribution in [0.1, 0.15) is 40.7 Å². The molecule has 1 aliphatic heterocycles. The van der Waals surface area contributed by atoms with E-state index in [1.165, 1.54) is 11.3 Å². The second kappa shape index (κ2) is 9.58. The fourth-order valence-corrected chi connectivity index (χ4v) is 5.00. The van der Waals surface area contributed by atoms with Gasteiger partial charge in [-0.05, 0) is 56.2 Å². The van der Waals surface area contributed by atoms with Gasteiger partial charge in [0.15, 0.2) is 16.6 Å². The van der Waals surface area contributed by atoms with E-state index in [2.05, 4.69) is 10.6 Å². The number of anilines is 1. The number of thiophene rings is 1. The molecule has 0 aliphatic carbocycles. The van der Waals surface area contributed by atoms with Crippen LogP contribution in [0.4, 0.5) is 5.00 Å². The van der Waals surface area contributed by atoms with Crippen LogP contribution in [0.25, 0.3) is 11.1 Å². The van der Waals surface area contributed by atoms with E-state index in [1.807, 2.05) is 62.4 Å². The van der Waals surface area contributed by atoms with Crippen LogP contribution in [0.5, 0.6) is 11.5 Å². The van der Waals surface area contributed by atoms with E-state index in [9.17, 15) is 4.79 Å². The summed E-state index contributed by atoms with van der Waals surface area (Å²) >= 11 is 7.05. The largest absolute Gasteiger partial charge is 0.462 e. The zero-order chi connectivity index (χ0) is 22.7. The van der Waals surface area contributed by atoms with Gasteiger partial charge in [-0.3, -0.25) is 0 Å². The average molecular weight is 469 g/mol. The van der Waals surface area contributed by atoms with Crippen LogP contribution < -0.4 is 20.1 Å². The average Bonchev–Trinajstić information content (AvgIpc) is 3.37. The van der Waals surface area contributed by atoms with Crippen LogP contribution in [0, 0.1) is 6.92 Å². The second-order valence-electron chi connectivity index (χ2n) is 7.26. The van der Waals surface area contributed by atoms with Crippen molar-refractivity contribution in [1.29, 1.82) is 0 Å². The molecule has 166 valence electrons. The molecule has 8 heteroatoms. The zero-order valence-electron chi connectivity index (χ0n) is 18.1. The highest BCUT2D eigenvalue weighted by molar-refractivity contribution is 7.80. The first-order valence-corrected chi connectivity index (χ1v) is 11.5. The standard InChI is InChI=1S/C24H24N2O4S2/c1-4-28-23(27)21-20(16-8-6-5-7-9-16)15(3)32-22(21)26-24(31)25-14(2)17-10-11-18-19(12-17)30-13-29-18/h5-12,14H,4,13H2,1-3H3,(H2,25,26,31). The number of fused-ring (bicyclic) bond motifs is 1. The lowest BCUT2D eigenvalue weighted by Gasteiger charge is -2.18. The van der Waals surface area contributed by atoms with Crippen molar-refractivity contribution in [3.8, 4) is 22.6 Å². The number of aryl methyl sites for hydroxylation is 1. The predicted octanol–water partition coefficient (Wildman–Crippen LogP) is 5.68. The van der Waals surface area contributed by atoms with E-state index in [-0.39, 0.29) is 18.8 Å². The Bertz CT molecular complexity index is 1140. The SMILES string of the molecule is CCOC(=O)c1c(NC(=S)NC(C)c2ccc3c(c2)OCO3)sc(C)c1-c1ccccc1. The predicted molar refractivity (Wildman–Crippen MR) is 131 cm³/mol. The number of nitrogens with one attached hydrogen (secondary N) is 2. The zero-order valence-corrected chi connectivity index (χ0v) is 19.7. The molecule has 0 radical (unpaired) electrons. The summed E-state index contributed by atoms with van der Waals surface area (Å²) in [4.78, 5) is 13.9. The van der Waals surface area contributed by atoms with Crippen LogP contribution in [-0.4, -0.2) is 24.5 Å². The summed E-state index contributed by atoms with van der Waals surface area (Å²) in [6, 6.07) is 15.5. The van der Waals surface area contributed by atoms with Gasteiger partial charge >= 0.3 is 5.97 Å². The molecule has 3 aromatic rings. The molecule has 0 spiro atoms. The van der Waals surface area contributed by atoms with Crippen LogP contribution in [-0.2, 0) is 4.74 Å². The Labute approximate surface area is 196 Å². The Morgan fingerprint density at radius 3 is 2.69 bits per heavy atom. The summed E-state index contributed by atoms with van der Waals surface area (Å²) in [5.41, 5.74) is 3.34. The van der Waals surface area contributed by atoms with Crippen molar-refractivity contribution >= 4 is 39.6 Å². The number of benzene rings is 2. The number of esters is 1. The minimum Gasteiger partial charge on any atom is -0.462 e. The molecular formula is C24H24N2O4S2. The Morgan fingerprint density at radius 2 is 1.94 bits per heavy atom. The molecule has 1 aromatic heterocycles. The van der Waals surface area contributed by atoms with Crippen molar-refractivity contribution in [3.63, 3.8) is 0 Å². The number of carbonyl (C=O) groups excluding carboxylic acids is 1. The van der Waals surface area contributed by atoms with Gasteiger partial charge < -0.3 is 24.8 Å². The number of hydrogen-bond acceptors (Lipinski definition) is 6. The third kappa shape index (κ3) is 4.56. The van der Waals surface area contributed by atoms with Gasteiger partial charge in [-0.25, -0.2) is 4.79 Å². The summed E-state index contributed by atoms with van der Waals surface area (Å²) in [6.07, 6.45) is 0. The molecule has 2 aromatic carbocycles. The van der Waals surface area contributed by atoms with Crippen molar-refractivity contribution in [2.75, 3.05) is 18.7 Å². The molecule has 4 rings (SSSR count). The van der Waals surface area contributed by atoms with Crippen LogP contribution >= 0.6 is 23.6 Å². The molecule has 0 saturated carbocycles. The molecule has 0 amide bonds. The maximum atomic E-state index is 12.9. The Morgan fingerprint density at radius 1 is 1.19 bits per heavy atom. The number of ether oxygens (including phenoxy) is 3. The van der Waals surface area contributed by atoms with E-state index in [1.54, 1.807) is 6.92 Å². The maximum absolute atomic E-state index is 12.9. The summed E-state index contributed by atoms with van der Waals surface area (Å²) in [5.74, 6) is 1.09. The van der Waals surface area contributed by atoms with Crippen LogP contribution in [0.15, 0.2) is 48.5 Å². The van der Waals surface area contributed by atoms with E-state index < -0.39 is 0 Å². The molecule has 0 saturated heterocycles. The van der Waals surface area contributed by atoms with Crippen LogP contribution in [0.3, 0.4) is 0 Å². The molecule has 1 aliphatic rings. The quantitative estimate of drug-likeness (QED) is 0.356. The fraction of sp³-hybridized carbons (Fsp3) is 0.250. The minimum absolute atomic E-state index is 0.0785. The highest BCUT2D eigenvalue weighted by Gasteiger charge is 2.25. The normalized spacial score (nSPS) is 12.8. The molecule has 2 heterocycles. The molecule has 0 fully saturated rings. The van der Waals surface area contributed by atoms with Gasteiger partial charge in [0.25, 0.3) is 0 Å². The highest BCUT2D eigenvalue weighted by atomic mass is 32.1. The number of thiocarbonyl (C=S) groups is 1. The smallest absolute Gasteiger partial charge is 0.341 e. The topological polar surface area (TPSA) is 68.8 Å². The molecule has 1 atom stereocenters. The van der Waals surface area contributed by atoms with E-state index in [0.29, 0.717) is 22.3 Å². The lowest BCUT2D eigenvalue weighted by Crippen LogP contribution is -2.31. The fourth-order valence-electron chi connectivity index (χ4n) is 3.58. The van der Waals surface area contributed by atoms with Gasteiger partial charge in [0, 0.05) is 10.4 Å². The number of carbonyl (C=O) groups is 1. The maximum Gasteiger partial charge on any atom is 0.341 e. The molecular weight excluding hydrogens is 444 g/mol. The summed E-state index contributed by atoms with van der Waals surface area (Å²) in [5, 5.41) is 7.58. The van der Waals surface area contributed by atoms with Crippen molar-refractivity contribution < 1.29 is 19.0 Å². The Balaban J connectivity index is 1.56. The number of rotatable bonds is 6. The second-order valence-corrected chi connectivity index (χ2v) is 8.89. The van der Waals surface area contributed by atoms with Crippen LogP contribution in [0.2, 0.25) is 0 Å². The van der Waals surface area contributed by atoms with Gasteiger partial charge in [-0.2, -0.15) is 0 Å². The lowest BCUT2D eigenvalue weighted by atomic mass is 10.0. The van der Waals surface area contributed by atoms with E-state index >= 15 is 0 Å². The Hall–Kier alpha value is -3.10. The van der Waals surface area contributed by atoms with Crippen molar-refractivity contribution in [2.45, 2.75) is 26.8 Å². The van der Waals surface area contributed by atoms with Gasteiger partial charge in [-0.15, -0.1) is 11.3 Å². The molecule has 0 bridgehead atoms. The van der Waals surface area contributed by atoms with Gasteiger partial charge in [-0.1, -0.05) is 36.4 Å². The van der Waals surface area contributed by atoms with Gasteiger partial charge in [0.05, 0.1) is 12.6 Å². The number of hydrogen-bond donors (Lipinski definition) is 2. The lowest BCUT2D eigenvalue weighted by molar-refractivity contribution is 0.0529. The molecule has 32 heavy (non-hydrogen) atoms. The summed E-state index contributed by atoms with van der Waals surface area (Å²) in [7, 11) is 0. The molecule has 6 nitrogen and oxygen atoms in total. The minimum atomic E-state index is -0.371. The van der Waals surface area contributed by atoms with Crippen molar-refractivity contribution in [3.05, 3.63) is 64.5 Å². The summed E-state index contributed by atoms with van der Waals surface area (Å²) < 4.78 is 16.2. The molecule has 2 N–H and O–H groups in total. The third-order valence-electron chi connectivity index (χ3n) is 5.10. The van der Waals surface area contributed by atoms with Gasteiger partial charge in [0.1, 0.15) is 10.6 Å². The monoisotopic (exact) mass is 468 g/mol. The highest BCUT2D eigenvalue weighted by Crippen LogP contribution is 2.40. The van der Waals surface area contributed by atoms with E-state index in [0.717, 1.165) is 33.1 Å². The van der Waals surface area contributed by atoms with E-state index in [4.69, 9.17) is 26.4 Å². The third-order valence-corrected chi connectivity index (χ3v) is 6.34. The first-order valence-electron chi connectivity index (χ1n) is 10.3. The van der Waals surface area contributed by atoms with Crippen molar-refractivity contribution in [2.24, 2.45) is 0 Å². The summed E-state index contributed by atoms with van der Waals surface area (Å²) in [6.45, 7) is 6.33. The Kier molecular flexibility index (Phi) is 6.62. The van der Waals surface area contributed by atoms with Crippen molar-refractivity contribution in [1.82, 2.24) is 5.32 Å². The molecule has 1 unspecified atom stereocenters. The first-order chi connectivity index (χ1) is 15.5.